The molecule has 5 rings (SSSR count). The van der Waals surface area contributed by atoms with Crippen LogP contribution in [-0.4, -0.2) is 41.6 Å². The fraction of sp³-hybridized carbons (Fsp3) is 0.286. The molecule has 6 nitrogen and oxygen atoms in total. The Morgan fingerprint density at radius 3 is 2.29 bits per heavy atom. The third kappa shape index (κ3) is 4.34. The molecule has 1 unspecified atom stereocenters. The predicted molar refractivity (Wildman–Crippen MR) is 132 cm³/mol. The summed E-state index contributed by atoms with van der Waals surface area (Å²) < 4.78 is 13.5. The third-order valence-corrected chi connectivity index (χ3v) is 7.22. The van der Waals surface area contributed by atoms with E-state index in [4.69, 9.17) is 0 Å². The van der Waals surface area contributed by atoms with E-state index in [-0.39, 0.29) is 29.5 Å². The highest BCUT2D eigenvalue weighted by molar-refractivity contribution is 6.06. The van der Waals surface area contributed by atoms with Gasteiger partial charge in [0, 0.05) is 25.3 Å². The Hall–Kier alpha value is -3.87. The van der Waals surface area contributed by atoms with Crippen molar-refractivity contribution in [1.82, 2.24) is 10.2 Å². The van der Waals surface area contributed by atoms with Gasteiger partial charge in [-0.15, -0.1) is 0 Å². The van der Waals surface area contributed by atoms with Crippen LogP contribution in [0.3, 0.4) is 0 Å². The van der Waals surface area contributed by atoms with Gasteiger partial charge in [0.2, 0.25) is 5.91 Å². The van der Waals surface area contributed by atoms with Gasteiger partial charge in [-0.2, -0.15) is 0 Å². The van der Waals surface area contributed by atoms with Gasteiger partial charge in [0.1, 0.15) is 11.6 Å². The van der Waals surface area contributed by atoms with E-state index in [0.717, 1.165) is 12.0 Å². The lowest BCUT2D eigenvalue weighted by Gasteiger charge is -2.59. The van der Waals surface area contributed by atoms with Crippen LogP contribution in [0.25, 0.3) is 0 Å². The van der Waals surface area contributed by atoms with Gasteiger partial charge in [-0.3, -0.25) is 4.79 Å². The number of nitrogens with zero attached hydrogens (tertiary/aromatic N) is 2. The maximum atomic E-state index is 13.5. The second kappa shape index (κ2) is 9.41. The maximum Gasteiger partial charge on any atom is 0.317 e. The summed E-state index contributed by atoms with van der Waals surface area (Å²) in [6.45, 7) is 1.52. The highest BCUT2D eigenvalue weighted by atomic mass is 19.1. The van der Waals surface area contributed by atoms with Gasteiger partial charge in [-0.1, -0.05) is 42.5 Å². The number of carbonyl (C=O) groups excluding carboxylic acids is 2. The van der Waals surface area contributed by atoms with Crippen molar-refractivity contribution in [3.05, 3.63) is 95.8 Å². The number of amides is 3. The van der Waals surface area contributed by atoms with Gasteiger partial charge in [0.05, 0.1) is 11.5 Å². The predicted octanol–water partition coefficient (Wildman–Crippen LogP) is 4.65. The van der Waals surface area contributed by atoms with Crippen LogP contribution >= 0.6 is 0 Å². The van der Waals surface area contributed by atoms with Crippen molar-refractivity contribution in [2.75, 3.05) is 24.5 Å². The molecule has 2 saturated heterocycles. The van der Waals surface area contributed by atoms with E-state index in [1.165, 1.54) is 17.7 Å². The number of rotatable bonds is 5. The number of nitrogens with one attached hydrogen (secondary N) is 1. The number of hydrogen-bond acceptors (Lipinski definition) is 3. The van der Waals surface area contributed by atoms with Crippen molar-refractivity contribution in [3.8, 4) is 5.75 Å². The molecule has 0 aromatic heterocycles. The largest absolute Gasteiger partial charge is 0.508 e. The van der Waals surface area contributed by atoms with E-state index in [1.54, 1.807) is 34.1 Å². The summed E-state index contributed by atoms with van der Waals surface area (Å²) in [6, 6.07) is 22.5. The number of aromatic hydroxyl groups is 1. The topological polar surface area (TPSA) is 72.9 Å². The van der Waals surface area contributed by atoms with Crippen molar-refractivity contribution in [3.63, 3.8) is 0 Å². The average Bonchev–Trinajstić information content (AvgIpc) is 2.89. The van der Waals surface area contributed by atoms with E-state index >= 15 is 0 Å². The quantitative estimate of drug-likeness (QED) is 0.530. The number of β-lactam (4-membered cyclic amide) rings is 1. The summed E-state index contributed by atoms with van der Waals surface area (Å²) in [4.78, 5) is 29.8. The van der Waals surface area contributed by atoms with Gasteiger partial charge in [0.15, 0.2) is 0 Å². The van der Waals surface area contributed by atoms with E-state index in [0.29, 0.717) is 38.2 Å². The number of halogens is 1. The number of piperidine rings is 1. The average molecular weight is 474 g/mol. The fourth-order valence-corrected chi connectivity index (χ4v) is 5.31. The minimum absolute atomic E-state index is 0.00804. The third-order valence-electron chi connectivity index (χ3n) is 7.22. The van der Waals surface area contributed by atoms with Crippen molar-refractivity contribution in [2.24, 2.45) is 5.41 Å². The number of carbonyl (C=O) groups is 2. The lowest BCUT2D eigenvalue weighted by Crippen LogP contribution is -2.67. The molecule has 3 amide bonds. The van der Waals surface area contributed by atoms with Crippen molar-refractivity contribution in [2.45, 2.75) is 25.3 Å². The van der Waals surface area contributed by atoms with Crippen molar-refractivity contribution < 1.29 is 19.1 Å². The summed E-state index contributed by atoms with van der Waals surface area (Å²) >= 11 is 0. The summed E-state index contributed by atoms with van der Waals surface area (Å²) in [5.41, 5.74) is 2.09. The minimum Gasteiger partial charge on any atom is -0.508 e. The zero-order chi connectivity index (χ0) is 24.4. The molecule has 3 aromatic carbocycles. The van der Waals surface area contributed by atoms with Gasteiger partial charge >= 0.3 is 6.03 Å². The number of phenolic OH excluding ortho intramolecular Hbond substituents is 1. The lowest BCUT2D eigenvalue weighted by molar-refractivity contribution is -0.144. The lowest BCUT2D eigenvalue weighted by atomic mass is 9.62. The Balaban J connectivity index is 1.29. The number of benzene rings is 3. The highest BCUT2D eigenvalue weighted by Gasteiger charge is 2.62. The van der Waals surface area contributed by atoms with Crippen LogP contribution in [0.15, 0.2) is 78.9 Å². The Morgan fingerprint density at radius 1 is 0.971 bits per heavy atom. The number of phenols is 1. The van der Waals surface area contributed by atoms with E-state index in [9.17, 15) is 19.1 Å². The normalized spacial score (nSPS) is 18.9. The highest BCUT2D eigenvalue weighted by Crippen LogP contribution is 2.57. The summed E-state index contributed by atoms with van der Waals surface area (Å²) in [5.74, 6) is -0.209. The van der Waals surface area contributed by atoms with Crippen LogP contribution in [0, 0.1) is 11.2 Å². The number of hydrogen-bond donors (Lipinski definition) is 2. The fourth-order valence-electron chi connectivity index (χ4n) is 5.31. The van der Waals surface area contributed by atoms with Crippen LogP contribution < -0.4 is 10.2 Å². The molecule has 2 aliphatic heterocycles. The molecule has 2 aliphatic rings. The van der Waals surface area contributed by atoms with E-state index in [2.05, 4.69) is 5.32 Å². The molecule has 0 aliphatic carbocycles. The second-order valence-corrected chi connectivity index (χ2v) is 9.26. The first kappa shape index (κ1) is 22.9. The Bertz CT molecular complexity index is 1190. The molecule has 2 N–H and O–H groups in total. The maximum absolute atomic E-state index is 13.5. The van der Waals surface area contributed by atoms with E-state index in [1.807, 2.05) is 42.5 Å². The molecule has 2 heterocycles. The standard InChI is InChI=1S/C28H28FN3O3/c29-22-8-10-23(11-9-22)32-25(21-6-12-24(33)13-7-21)28(26(32)34)15-18-31(19-16-28)27(35)30-17-14-20-4-2-1-3-5-20/h1-13,25,33H,14-19H2,(H,30,35). The first-order chi connectivity index (χ1) is 17.0. The van der Waals surface area contributed by atoms with Crippen LogP contribution in [0.2, 0.25) is 0 Å². The minimum atomic E-state index is -0.633. The van der Waals surface area contributed by atoms with Crippen LogP contribution in [0.1, 0.15) is 30.0 Å². The first-order valence-corrected chi connectivity index (χ1v) is 11.9. The van der Waals surface area contributed by atoms with Crippen LogP contribution in [-0.2, 0) is 11.2 Å². The zero-order valence-corrected chi connectivity index (χ0v) is 19.4. The van der Waals surface area contributed by atoms with Crippen LogP contribution in [0.5, 0.6) is 5.75 Å². The molecule has 7 heteroatoms. The molecule has 0 bridgehead atoms. The number of anilines is 1. The summed E-state index contributed by atoms with van der Waals surface area (Å²) in [5, 5.41) is 12.8. The van der Waals surface area contributed by atoms with E-state index < -0.39 is 5.41 Å². The molecule has 0 radical (unpaired) electrons. The molecular weight excluding hydrogens is 445 g/mol. The number of likely N-dealkylation sites (tertiary alicyclic amines) is 1. The van der Waals surface area contributed by atoms with Gasteiger partial charge < -0.3 is 20.2 Å². The Labute approximate surface area is 204 Å². The number of urea groups is 1. The Kier molecular flexibility index (Phi) is 6.16. The summed E-state index contributed by atoms with van der Waals surface area (Å²) in [7, 11) is 0. The molecule has 2 fully saturated rings. The summed E-state index contributed by atoms with van der Waals surface area (Å²) in [6.07, 6.45) is 1.85. The Morgan fingerprint density at radius 2 is 1.63 bits per heavy atom. The molecule has 1 atom stereocenters. The molecule has 0 saturated carbocycles. The van der Waals surface area contributed by atoms with Gasteiger partial charge in [0.25, 0.3) is 0 Å². The first-order valence-electron chi connectivity index (χ1n) is 11.9. The molecule has 3 aromatic rings. The zero-order valence-electron chi connectivity index (χ0n) is 19.4. The second-order valence-electron chi connectivity index (χ2n) is 9.26. The van der Waals surface area contributed by atoms with Crippen molar-refractivity contribution in [1.29, 1.82) is 0 Å². The van der Waals surface area contributed by atoms with Gasteiger partial charge in [-0.25, -0.2) is 9.18 Å². The SMILES string of the molecule is O=C(NCCc1ccccc1)N1CCC2(CC1)C(=O)N(c1ccc(F)cc1)C2c1ccc(O)cc1. The van der Waals surface area contributed by atoms with Crippen molar-refractivity contribution >= 4 is 17.6 Å². The molecular formula is C28H28FN3O3. The molecule has 180 valence electrons. The molecule has 35 heavy (non-hydrogen) atoms. The van der Waals surface area contributed by atoms with Gasteiger partial charge in [-0.05, 0) is 66.8 Å². The smallest absolute Gasteiger partial charge is 0.317 e. The molecule has 1 spiro atoms. The van der Waals surface area contributed by atoms with Crippen LogP contribution in [0.4, 0.5) is 14.9 Å². The monoisotopic (exact) mass is 473 g/mol.